The smallest absolute Gasteiger partial charge is 0.337 e. The second-order valence-electron chi connectivity index (χ2n) is 5.90. The molecule has 2 N–H and O–H groups in total. The Bertz CT molecular complexity index is 817. The number of carboxylic acids is 1. The largest absolute Gasteiger partial charge is 0.493 e. The quantitative estimate of drug-likeness (QED) is 0.843. The molecular formula is C19H19NO5. The van der Waals surface area contributed by atoms with Crippen molar-refractivity contribution in [2.45, 2.75) is 12.3 Å². The van der Waals surface area contributed by atoms with Gasteiger partial charge in [0.05, 0.1) is 25.5 Å². The predicted molar refractivity (Wildman–Crippen MR) is 92.4 cm³/mol. The second-order valence-corrected chi connectivity index (χ2v) is 5.90. The van der Waals surface area contributed by atoms with Crippen molar-refractivity contribution in [3.05, 3.63) is 53.6 Å². The molecule has 25 heavy (non-hydrogen) atoms. The molecule has 2 atom stereocenters. The lowest BCUT2D eigenvalue weighted by Gasteiger charge is -2.10. The van der Waals surface area contributed by atoms with Gasteiger partial charge in [0.15, 0.2) is 11.5 Å². The van der Waals surface area contributed by atoms with Gasteiger partial charge < -0.3 is 19.9 Å². The molecule has 1 saturated carbocycles. The molecule has 2 aromatic carbocycles. The van der Waals surface area contributed by atoms with E-state index in [2.05, 4.69) is 5.32 Å². The van der Waals surface area contributed by atoms with Gasteiger partial charge in [0.1, 0.15) is 0 Å². The van der Waals surface area contributed by atoms with Crippen molar-refractivity contribution >= 4 is 17.6 Å². The Morgan fingerprint density at radius 1 is 1.08 bits per heavy atom. The first kappa shape index (κ1) is 16.8. The zero-order valence-corrected chi connectivity index (χ0v) is 14.0. The van der Waals surface area contributed by atoms with Gasteiger partial charge in [0.2, 0.25) is 5.91 Å². The van der Waals surface area contributed by atoms with Gasteiger partial charge in [-0.05, 0) is 42.2 Å². The van der Waals surface area contributed by atoms with Crippen molar-refractivity contribution in [2.24, 2.45) is 5.92 Å². The Morgan fingerprint density at radius 2 is 1.80 bits per heavy atom. The molecule has 0 saturated heterocycles. The fraction of sp³-hybridized carbons (Fsp3) is 0.263. The molecule has 130 valence electrons. The Labute approximate surface area is 145 Å². The van der Waals surface area contributed by atoms with Crippen LogP contribution in [0.1, 0.15) is 28.3 Å². The summed E-state index contributed by atoms with van der Waals surface area (Å²) in [4.78, 5) is 23.7. The molecule has 0 aliphatic heterocycles. The Morgan fingerprint density at radius 3 is 2.48 bits per heavy atom. The minimum absolute atomic E-state index is 0.0826. The fourth-order valence-electron chi connectivity index (χ4n) is 2.94. The van der Waals surface area contributed by atoms with Crippen LogP contribution in [-0.2, 0) is 4.79 Å². The van der Waals surface area contributed by atoms with Gasteiger partial charge in [0, 0.05) is 5.92 Å². The topological polar surface area (TPSA) is 84.9 Å². The summed E-state index contributed by atoms with van der Waals surface area (Å²) in [6.45, 7) is 0. The van der Waals surface area contributed by atoms with Crippen molar-refractivity contribution in [3.8, 4) is 11.5 Å². The summed E-state index contributed by atoms with van der Waals surface area (Å²) in [7, 11) is 3.15. The second kappa shape index (κ2) is 6.84. The SMILES string of the molecule is COc1ccc(C2CC2C(=O)Nc2ccccc2C(=O)O)cc1OC. The first-order valence-corrected chi connectivity index (χ1v) is 7.90. The summed E-state index contributed by atoms with van der Waals surface area (Å²) in [5.41, 5.74) is 1.40. The number of methoxy groups -OCH3 is 2. The van der Waals surface area contributed by atoms with Gasteiger partial charge in [-0.2, -0.15) is 0 Å². The predicted octanol–water partition coefficient (Wildman–Crippen LogP) is 3.14. The molecule has 0 heterocycles. The molecule has 1 aliphatic carbocycles. The molecule has 6 nitrogen and oxygen atoms in total. The summed E-state index contributed by atoms with van der Waals surface area (Å²) in [5.74, 6) is -0.0565. The molecule has 0 aromatic heterocycles. The van der Waals surface area contributed by atoms with Gasteiger partial charge in [0.25, 0.3) is 0 Å². The van der Waals surface area contributed by atoms with Gasteiger partial charge >= 0.3 is 5.97 Å². The van der Waals surface area contributed by atoms with Crippen LogP contribution >= 0.6 is 0 Å². The zero-order chi connectivity index (χ0) is 18.0. The summed E-state index contributed by atoms with van der Waals surface area (Å²) in [6.07, 6.45) is 0.719. The minimum Gasteiger partial charge on any atom is -0.493 e. The number of carbonyl (C=O) groups is 2. The van der Waals surface area contributed by atoms with Gasteiger partial charge in [-0.3, -0.25) is 4.79 Å². The van der Waals surface area contributed by atoms with E-state index in [4.69, 9.17) is 9.47 Å². The average molecular weight is 341 g/mol. The molecule has 0 radical (unpaired) electrons. The van der Waals surface area contributed by atoms with Crippen LogP contribution in [0.2, 0.25) is 0 Å². The number of aromatic carboxylic acids is 1. The number of ether oxygens (including phenoxy) is 2. The standard InChI is InChI=1S/C19H19NO5/c1-24-16-8-7-11(9-17(16)25-2)13-10-14(13)18(21)20-15-6-4-3-5-12(15)19(22)23/h3-9,13-14H,10H2,1-2H3,(H,20,21)(H,22,23). The molecule has 1 aliphatic rings. The maximum atomic E-state index is 12.5. The van der Waals surface area contributed by atoms with Crippen LogP contribution in [0.4, 0.5) is 5.69 Å². The van der Waals surface area contributed by atoms with E-state index in [-0.39, 0.29) is 23.3 Å². The highest BCUT2D eigenvalue weighted by Gasteiger charge is 2.44. The molecule has 0 spiro atoms. The highest BCUT2D eigenvalue weighted by molar-refractivity contribution is 6.02. The third kappa shape index (κ3) is 3.42. The minimum atomic E-state index is -1.07. The Kier molecular flexibility index (Phi) is 4.61. The lowest BCUT2D eigenvalue weighted by atomic mass is 10.1. The Hall–Kier alpha value is -3.02. The number of anilines is 1. The van der Waals surface area contributed by atoms with Crippen molar-refractivity contribution in [2.75, 3.05) is 19.5 Å². The van der Waals surface area contributed by atoms with Crippen LogP contribution in [0.15, 0.2) is 42.5 Å². The fourth-order valence-corrected chi connectivity index (χ4v) is 2.94. The molecule has 1 amide bonds. The molecule has 1 fully saturated rings. The highest BCUT2D eigenvalue weighted by atomic mass is 16.5. The third-order valence-electron chi connectivity index (χ3n) is 4.38. The maximum absolute atomic E-state index is 12.5. The summed E-state index contributed by atoms with van der Waals surface area (Å²) < 4.78 is 10.5. The lowest BCUT2D eigenvalue weighted by Crippen LogP contribution is -2.17. The van der Waals surface area contributed by atoms with Crippen molar-refractivity contribution in [1.29, 1.82) is 0 Å². The van der Waals surface area contributed by atoms with E-state index in [1.165, 1.54) is 6.07 Å². The summed E-state index contributed by atoms with van der Waals surface area (Å²) in [5, 5.41) is 11.9. The number of nitrogens with one attached hydrogen (secondary N) is 1. The van der Waals surface area contributed by atoms with E-state index in [1.807, 2.05) is 18.2 Å². The van der Waals surface area contributed by atoms with Gasteiger partial charge in [-0.1, -0.05) is 18.2 Å². The van der Waals surface area contributed by atoms with Crippen LogP contribution in [0.5, 0.6) is 11.5 Å². The van der Waals surface area contributed by atoms with Crippen LogP contribution in [-0.4, -0.2) is 31.2 Å². The average Bonchev–Trinajstić information content (AvgIpc) is 3.42. The number of carbonyl (C=O) groups excluding carboxylic acids is 1. The summed E-state index contributed by atoms with van der Waals surface area (Å²) in [6, 6.07) is 12.0. The zero-order valence-electron chi connectivity index (χ0n) is 14.0. The van der Waals surface area contributed by atoms with Crippen molar-refractivity contribution in [3.63, 3.8) is 0 Å². The molecule has 2 unspecified atom stereocenters. The lowest BCUT2D eigenvalue weighted by molar-refractivity contribution is -0.117. The number of rotatable bonds is 6. The van der Waals surface area contributed by atoms with Crippen LogP contribution < -0.4 is 14.8 Å². The van der Waals surface area contributed by atoms with Crippen LogP contribution in [0.3, 0.4) is 0 Å². The number of benzene rings is 2. The molecular weight excluding hydrogens is 322 g/mol. The van der Waals surface area contributed by atoms with E-state index < -0.39 is 5.97 Å². The number of hydrogen-bond acceptors (Lipinski definition) is 4. The Balaban J connectivity index is 1.72. The van der Waals surface area contributed by atoms with Gasteiger partial charge in [-0.15, -0.1) is 0 Å². The number of carboxylic acid groups (broad SMARTS) is 1. The first-order chi connectivity index (χ1) is 12.0. The molecule has 6 heteroatoms. The van der Waals surface area contributed by atoms with E-state index >= 15 is 0 Å². The van der Waals surface area contributed by atoms with E-state index in [0.29, 0.717) is 17.2 Å². The monoisotopic (exact) mass is 341 g/mol. The first-order valence-electron chi connectivity index (χ1n) is 7.90. The maximum Gasteiger partial charge on any atom is 0.337 e. The third-order valence-corrected chi connectivity index (χ3v) is 4.38. The normalized spacial score (nSPS) is 18.3. The summed E-state index contributed by atoms with van der Waals surface area (Å²) >= 11 is 0. The van der Waals surface area contributed by atoms with Gasteiger partial charge in [-0.25, -0.2) is 4.79 Å². The van der Waals surface area contributed by atoms with E-state index in [0.717, 1.165) is 12.0 Å². The number of amides is 1. The van der Waals surface area contributed by atoms with Crippen molar-refractivity contribution < 1.29 is 24.2 Å². The highest BCUT2D eigenvalue weighted by Crippen LogP contribution is 2.49. The van der Waals surface area contributed by atoms with Crippen molar-refractivity contribution in [1.82, 2.24) is 0 Å². The molecule has 2 aromatic rings. The van der Waals surface area contributed by atoms with Crippen LogP contribution in [0.25, 0.3) is 0 Å². The number of para-hydroxylation sites is 1. The van der Waals surface area contributed by atoms with E-state index in [1.54, 1.807) is 32.4 Å². The van der Waals surface area contributed by atoms with Crippen LogP contribution in [0, 0.1) is 5.92 Å². The molecule has 0 bridgehead atoms. The molecule has 3 rings (SSSR count). The van der Waals surface area contributed by atoms with E-state index in [9.17, 15) is 14.7 Å². The number of hydrogen-bond donors (Lipinski definition) is 2.